The number of ether oxygens (including phenoxy) is 1. The molecule has 1 amide bonds. The van der Waals surface area contributed by atoms with Gasteiger partial charge in [0.25, 0.3) is 0 Å². The van der Waals surface area contributed by atoms with Crippen molar-refractivity contribution in [2.45, 2.75) is 32.5 Å². The Labute approximate surface area is 140 Å². The van der Waals surface area contributed by atoms with Gasteiger partial charge in [0.1, 0.15) is 17.7 Å². The van der Waals surface area contributed by atoms with Gasteiger partial charge in [0.05, 0.1) is 20.2 Å². The summed E-state index contributed by atoms with van der Waals surface area (Å²) in [6, 6.07) is 3.60. The van der Waals surface area contributed by atoms with E-state index in [1.54, 1.807) is 13.3 Å². The van der Waals surface area contributed by atoms with E-state index in [-0.39, 0.29) is 11.9 Å². The van der Waals surface area contributed by atoms with Crippen LogP contribution < -0.4 is 10.1 Å². The predicted molar refractivity (Wildman–Crippen MR) is 87.5 cm³/mol. The highest BCUT2D eigenvalue weighted by Crippen LogP contribution is 2.16. The standard InChI is InChI=1S/C16H22N6O2/c1-11-19-20-14-10-21(2)13(9-22(11)14)15(23)17-8-6-12-5-4-7-18-16(12)24-3/h4-5,7,13H,6,8-10H2,1-3H3,(H,17,23). The number of fused-ring (bicyclic) bond motifs is 1. The average Bonchev–Trinajstić information content (AvgIpc) is 2.94. The van der Waals surface area contributed by atoms with E-state index in [1.807, 2.05) is 35.6 Å². The number of aromatic nitrogens is 4. The fourth-order valence-corrected chi connectivity index (χ4v) is 2.94. The summed E-state index contributed by atoms with van der Waals surface area (Å²) in [6.07, 6.45) is 2.37. The van der Waals surface area contributed by atoms with Gasteiger partial charge in [-0.15, -0.1) is 10.2 Å². The maximum Gasteiger partial charge on any atom is 0.239 e. The molecule has 0 spiro atoms. The minimum Gasteiger partial charge on any atom is -0.481 e. The van der Waals surface area contributed by atoms with E-state index in [9.17, 15) is 4.79 Å². The first-order valence-electron chi connectivity index (χ1n) is 7.94. The van der Waals surface area contributed by atoms with E-state index >= 15 is 0 Å². The van der Waals surface area contributed by atoms with E-state index < -0.39 is 0 Å². The third kappa shape index (κ3) is 3.23. The van der Waals surface area contributed by atoms with Gasteiger partial charge in [-0.3, -0.25) is 9.69 Å². The van der Waals surface area contributed by atoms with Crippen molar-refractivity contribution in [3.8, 4) is 5.88 Å². The number of aryl methyl sites for hydroxylation is 1. The molecular weight excluding hydrogens is 308 g/mol. The van der Waals surface area contributed by atoms with Crippen LogP contribution in [0.25, 0.3) is 0 Å². The molecule has 1 aliphatic rings. The van der Waals surface area contributed by atoms with Crippen molar-refractivity contribution in [2.24, 2.45) is 0 Å². The number of hydrogen-bond acceptors (Lipinski definition) is 6. The van der Waals surface area contributed by atoms with E-state index in [1.165, 1.54) is 0 Å². The maximum absolute atomic E-state index is 12.5. The van der Waals surface area contributed by atoms with Gasteiger partial charge in [0.15, 0.2) is 0 Å². The molecule has 2 aromatic heterocycles. The molecule has 3 rings (SSSR count). The Morgan fingerprint density at radius 2 is 2.29 bits per heavy atom. The molecule has 0 fully saturated rings. The van der Waals surface area contributed by atoms with Crippen molar-refractivity contribution in [1.82, 2.24) is 30.0 Å². The molecule has 3 heterocycles. The van der Waals surface area contributed by atoms with Crippen LogP contribution in [0.3, 0.4) is 0 Å². The highest BCUT2D eigenvalue weighted by Gasteiger charge is 2.30. The molecule has 2 aromatic rings. The SMILES string of the molecule is COc1ncccc1CCNC(=O)C1Cn2c(C)nnc2CN1C. The summed E-state index contributed by atoms with van der Waals surface area (Å²) in [6.45, 7) is 3.65. The first-order chi connectivity index (χ1) is 11.6. The topological polar surface area (TPSA) is 85.2 Å². The zero-order valence-corrected chi connectivity index (χ0v) is 14.2. The number of nitrogens with one attached hydrogen (secondary N) is 1. The molecule has 8 nitrogen and oxygen atoms in total. The second kappa shape index (κ2) is 6.96. The van der Waals surface area contributed by atoms with Crippen molar-refractivity contribution < 1.29 is 9.53 Å². The number of nitrogens with zero attached hydrogens (tertiary/aromatic N) is 5. The molecule has 0 aliphatic carbocycles. The van der Waals surface area contributed by atoms with Crippen LogP contribution in [-0.4, -0.2) is 57.3 Å². The van der Waals surface area contributed by atoms with Crippen LogP contribution in [0, 0.1) is 6.92 Å². The van der Waals surface area contributed by atoms with Gasteiger partial charge < -0.3 is 14.6 Å². The summed E-state index contributed by atoms with van der Waals surface area (Å²) in [7, 11) is 3.53. The zero-order chi connectivity index (χ0) is 17.1. The number of carbonyl (C=O) groups excluding carboxylic acids is 1. The summed E-state index contributed by atoms with van der Waals surface area (Å²) >= 11 is 0. The molecule has 24 heavy (non-hydrogen) atoms. The second-order valence-corrected chi connectivity index (χ2v) is 5.92. The van der Waals surface area contributed by atoms with Crippen molar-refractivity contribution in [2.75, 3.05) is 20.7 Å². The second-order valence-electron chi connectivity index (χ2n) is 5.92. The number of hydrogen-bond donors (Lipinski definition) is 1. The lowest BCUT2D eigenvalue weighted by atomic mass is 10.1. The fraction of sp³-hybridized carbons (Fsp3) is 0.500. The van der Waals surface area contributed by atoms with Gasteiger partial charge in [0.2, 0.25) is 11.8 Å². The van der Waals surface area contributed by atoms with Crippen molar-refractivity contribution >= 4 is 5.91 Å². The molecule has 128 valence electrons. The Bertz CT molecular complexity index is 729. The van der Waals surface area contributed by atoms with Gasteiger partial charge in [-0.05, 0) is 26.5 Å². The largest absolute Gasteiger partial charge is 0.481 e. The summed E-state index contributed by atoms with van der Waals surface area (Å²) in [4.78, 5) is 18.7. The first kappa shape index (κ1) is 16.4. The van der Waals surface area contributed by atoms with Crippen LogP contribution in [0.2, 0.25) is 0 Å². The lowest BCUT2D eigenvalue weighted by Crippen LogP contribution is -2.50. The Balaban J connectivity index is 1.58. The summed E-state index contributed by atoms with van der Waals surface area (Å²) < 4.78 is 7.24. The van der Waals surface area contributed by atoms with Gasteiger partial charge in [-0.25, -0.2) is 4.98 Å². The van der Waals surface area contributed by atoms with E-state index in [2.05, 4.69) is 20.5 Å². The number of likely N-dealkylation sites (N-methyl/N-ethyl adjacent to an activating group) is 1. The van der Waals surface area contributed by atoms with E-state index in [0.717, 1.165) is 17.2 Å². The quantitative estimate of drug-likeness (QED) is 0.841. The Morgan fingerprint density at radius 3 is 3.08 bits per heavy atom. The van der Waals surface area contributed by atoms with E-state index in [0.29, 0.717) is 31.9 Å². The monoisotopic (exact) mass is 330 g/mol. The van der Waals surface area contributed by atoms with Crippen LogP contribution in [0.4, 0.5) is 0 Å². The Hall–Kier alpha value is -2.48. The van der Waals surface area contributed by atoms with Crippen LogP contribution >= 0.6 is 0 Å². The number of carbonyl (C=O) groups is 1. The normalized spacial score (nSPS) is 17.4. The molecule has 0 radical (unpaired) electrons. The molecule has 1 aliphatic heterocycles. The Morgan fingerprint density at radius 1 is 1.46 bits per heavy atom. The molecule has 1 atom stereocenters. The average molecular weight is 330 g/mol. The van der Waals surface area contributed by atoms with E-state index in [4.69, 9.17) is 4.74 Å². The minimum atomic E-state index is -0.219. The first-order valence-corrected chi connectivity index (χ1v) is 7.94. The van der Waals surface area contributed by atoms with Gasteiger partial charge in [-0.1, -0.05) is 6.07 Å². The predicted octanol–water partition coefficient (Wildman–Crippen LogP) is 0.163. The van der Waals surface area contributed by atoms with Crippen molar-refractivity contribution in [3.63, 3.8) is 0 Å². The van der Waals surface area contributed by atoms with Crippen LogP contribution in [0.1, 0.15) is 17.2 Å². The zero-order valence-electron chi connectivity index (χ0n) is 14.2. The maximum atomic E-state index is 12.5. The van der Waals surface area contributed by atoms with Gasteiger partial charge in [0, 0.05) is 18.3 Å². The van der Waals surface area contributed by atoms with Gasteiger partial charge in [-0.2, -0.15) is 0 Å². The third-order valence-electron chi connectivity index (χ3n) is 4.33. The van der Waals surface area contributed by atoms with Crippen LogP contribution in [0.5, 0.6) is 5.88 Å². The number of rotatable bonds is 5. The summed E-state index contributed by atoms with van der Waals surface area (Å²) in [5.41, 5.74) is 0.981. The highest BCUT2D eigenvalue weighted by atomic mass is 16.5. The summed E-state index contributed by atoms with van der Waals surface area (Å²) in [5, 5.41) is 11.2. The van der Waals surface area contributed by atoms with Crippen LogP contribution in [-0.2, 0) is 24.3 Å². The molecule has 0 bridgehead atoms. The lowest BCUT2D eigenvalue weighted by Gasteiger charge is -2.32. The molecule has 0 aromatic carbocycles. The summed E-state index contributed by atoms with van der Waals surface area (Å²) in [5.74, 6) is 2.36. The molecule has 0 saturated carbocycles. The fourth-order valence-electron chi connectivity index (χ4n) is 2.94. The third-order valence-corrected chi connectivity index (χ3v) is 4.33. The number of pyridine rings is 1. The van der Waals surface area contributed by atoms with Crippen LogP contribution in [0.15, 0.2) is 18.3 Å². The Kier molecular flexibility index (Phi) is 4.75. The minimum absolute atomic E-state index is 0.0131. The molecule has 8 heteroatoms. The molecule has 1 unspecified atom stereocenters. The molecule has 0 saturated heterocycles. The number of amides is 1. The number of methoxy groups -OCH3 is 1. The molecular formula is C16H22N6O2. The smallest absolute Gasteiger partial charge is 0.239 e. The highest BCUT2D eigenvalue weighted by molar-refractivity contribution is 5.81. The molecule has 1 N–H and O–H groups in total. The van der Waals surface area contributed by atoms with Gasteiger partial charge >= 0.3 is 0 Å². The van der Waals surface area contributed by atoms with Crippen molar-refractivity contribution in [1.29, 1.82) is 0 Å². The lowest BCUT2D eigenvalue weighted by molar-refractivity contribution is -0.127. The van der Waals surface area contributed by atoms with Crippen molar-refractivity contribution in [3.05, 3.63) is 35.5 Å².